The monoisotopic (exact) mass is 254 g/mol. The Hall–Kier alpha value is -1.20. The van der Waals surface area contributed by atoms with Crippen molar-refractivity contribution in [3.05, 3.63) is 23.6 Å². The van der Waals surface area contributed by atoms with Crippen LogP contribution in [0.5, 0.6) is 0 Å². The number of nitrogens with zero attached hydrogens (tertiary/aromatic N) is 2. The van der Waals surface area contributed by atoms with E-state index in [2.05, 4.69) is 4.98 Å². The van der Waals surface area contributed by atoms with Gasteiger partial charge in [-0.15, -0.1) is 0 Å². The molecule has 5 heteroatoms. The first-order valence-corrected chi connectivity index (χ1v) is 6.39. The van der Waals surface area contributed by atoms with Crippen LogP contribution in [0.15, 0.2) is 12.3 Å². The van der Waals surface area contributed by atoms with Gasteiger partial charge in [0.05, 0.1) is 13.2 Å². The Kier molecular flexibility index (Phi) is 4.49. The number of halogens is 1. The largest absolute Gasteiger partial charge is 0.395 e. The Balaban J connectivity index is 2.29. The van der Waals surface area contributed by atoms with Crippen LogP contribution in [0.4, 0.5) is 10.2 Å². The minimum absolute atomic E-state index is 0.0268. The van der Waals surface area contributed by atoms with Crippen LogP contribution in [0, 0.1) is 5.82 Å². The number of hydrogen-bond acceptors (Lipinski definition) is 4. The molecule has 0 unspecified atom stereocenters. The fraction of sp³-hybridized carbons (Fsp3) is 0.615. The first kappa shape index (κ1) is 13.2. The minimum Gasteiger partial charge on any atom is -0.395 e. The van der Waals surface area contributed by atoms with Crippen molar-refractivity contribution in [2.75, 3.05) is 18.1 Å². The van der Waals surface area contributed by atoms with Gasteiger partial charge in [0.1, 0.15) is 0 Å². The van der Waals surface area contributed by atoms with Crippen molar-refractivity contribution in [2.24, 2.45) is 0 Å². The van der Waals surface area contributed by atoms with Crippen LogP contribution in [0.1, 0.15) is 31.2 Å². The molecule has 1 saturated carbocycles. The maximum Gasteiger partial charge on any atom is 0.171 e. The van der Waals surface area contributed by atoms with E-state index in [0.717, 1.165) is 25.7 Å². The van der Waals surface area contributed by atoms with Crippen molar-refractivity contribution in [1.29, 1.82) is 0 Å². The van der Waals surface area contributed by atoms with E-state index in [1.807, 2.05) is 4.90 Å². The van der Waals surface area contributed by atoms with E-state index in [1.54, 1.807) is 0 Å². The first-order chi connectivity index (χ1) is 8.77. The molecule has 0 amide bonds. The van der Waals surface area contributed by atoms with Crippen molar-refractivity contribution in [3.63, 3.8) is 0 Å². The molecule has 0 bridgehead atoms. The van der Waals surface area contributed by atoms with E-state index < -0.39 is 5.82 Å². The number of aliphatic hydroxyl groups excluding tert-OH is 2. The van der Waals surface area contributed by atoms with E-state index in [0.29, 0.717) is 6.54 Å². The molecule has 0 radical (unpaired) electrons. The van der Waals surface area contributed by atoms with Crippen LogP contribution in [-0.2, 0) is 6.61 Å². The van der Waals surface area contributed by atoms with Crippen molar-refractivity contribution >= 4 is 5.82 Å². The van der Waals surface area contributed by atoms with Crippen molar-refractivity contribution in [3.8, 4) is 0 Å². The maximum atomic E-state index is 14.2. The molecule has 2 rings (SSSR count). The summed E-state index contributed by atoms with van der Waals surface area (Å²) < 4.78 is 14.2. The summed E-state index contributed by atoms with van der Waals surface area (Å²) in [7, 11) is 0. The molecular formula is C13H19FN2O2. The Morgan fingerprint density at radius 2 is 2.06 bits per heavy atom. The van der Waals surface area contributed by atoms with Crippen LogP contribution >= 0.6 is 0 Å². The molecule has 0 spiro atoms. The standard InChI is InChI=1S/C13H19FN2O2/c14-12-10(9-18)5-6-15-13(12)16(7-8-17)11-3-1-2-4-11/h5-6,11,17-18H,1-4,7-9H2. The lowest BCUT2D eigenvalue weighted by Crippen LogP contribution is -2.37. The number of anilines is 1. The molecule has 100 valence electrons. The fourth-order valence-corrected chi connectivity index (χ4v) is 2.58. The van der Waals surface area contributed by atoms with Gasteiger partial charge in [0.2, 0.25) is 0 Å². The van der Waals surface area contributed by atoms with Crippen molar-refractivity contribution in [2.45, 2.75) is 38.3 Å². The molecule has 1 heterocycles. The third kappa shape index (κ3) is 2.62. The molecular weight excluding hydrogens is 235 g/mol. The average molecular weight is 254 g/mol. The molecule has 0 aliphatic heterocycles. The molecule has 0 aromatic carbocycles. The second-order valence-corrected chi connectivity index (χ2v) is 4.62. The quantitative estimate of drug-likeness (QED) is 0.835. The smallest absolute Gasteiger partial charge is 0.171 e. The summed E-state index contributed by atoms with van der Waals surface area (Å²) in [6.07, 6.45) is 5.78. The predicted octanol–water partition coefficient (Wildman–Crippen LogP) is 1.45. The van der Waals surface area contributed by atoms with Crippen LogP contribution in [0.3, 0.4) is 0 Å². The van der Waals surface area contributed by atoms with Gasteiger partial charge in [-0.3, -0.25) is 0 Å². The third-order valence-corrected chi connectivity index (χ3v) is 3.50. The first-order valence-electron chi connectivity index (χ1n) is 6.39. The fourth-order valence-electron chi connectivity index (χ4n) is 2.58. The van der Waals surface area contributed by atoms with Crippen LogP contribution in [0.25, 0.3) is 0 Å². The third-order valence-electron chi connectivity index (χ3n) is 3.50. The molecule has 2 N–H and O–H groups in total. The second kappa shape index (κ2) is 6.11. The highest BCUT2D eigenvalue weighted by Gasteiger charge is 2.26. The van der Waals surface area contributed by atoms with E-state index in [9.17, 15) is 4.39 Å². The summed E-state index contributed by atoms with van der Waals surface area (Å²) in [5, 5.41) is 18.2. The highest BCUT2D eigenvalue weighted by atomic mass is 19.1. The highest BCUT2D eigenvalue weighted by molar-refractivity contribution is 5.44. The molecule has 1 aromatic rings. The normalized spacial score (nSPS) is 16.2. The van der Waals surface area contributed by atoms with E-state index in [-0.39, 0.29) is 30.6 Å². The van der Waals surface area contributed by atoms with Gasteiger partial charge in [-0.2, -0.15) is 0 Å². The van der Waals surface area contributed by atoms with Crippen molar-refractivity contribution < 1.29 is 14.6 Å². The summed E-state index contributed by atoms with van der Waals surface area (Å²) in [6, 6.07) is 1.72. The number of pyridine rings is 1. The van der Waals surface area contributed by atoms with E-state index in [1.165, 1.54) is 12.3 Å². The molecule has 1 aromatic heterocycles. The summed E-state index contributed by atoms with van der Waals surface area (Å²) >= 11 is 0. The molecule has 1 aliphatic carbocycles. The molecule has 0 atom stereocenters. The molecule has 4 nitrogen and oxygen atoms in total. The molecule has 18 heavy (non-hydrogen) atoms. The van der Waals surface area contributed by atoms with Crippen LogP contribution in [-0.4, -0.2) is 34.4 Å². The zero-order valence-electron chi connectivity index (χ0n) is 10.3. The maximum absolute atomic E-state index is 14.2. The van der Waals surface area contributed by atoms with Gasteiger partial charge < -0.3 is 15.1 Å². The van der Waals surface area contributed by atoms with E-state index >= 15 is 0 Å². The summed E-state index contributed by atoms with van der Waals surface area (Å²) in [5.41, 5.74) is 0.251. The number of hydrogen-bond donors (Lipinski definition) is 2. The SMILES string of the molecule is OCCN(c1nccc(CO)c1F)C1CCCC1. The zero-order chi connectivity index (χ0) is 13.0. The van der Waals surface area contributed by atoms with Gasteiger partial charge in [0, 0.05) is 24.3 Å². The summed E-state index contributed by atoms with van der Waals surface area (Å²) in [6.45, 7) is 0.0173. The lowest BCUT2D eigenvalue weighted by molar-refractivity contribution is 0.275. The van der Waals surface area contributed by atoms with Gasteiger partial charge in [0.25, 0.3) is 0 Å². The van der Waals surface area contributed by atoms with Gasteiger partial charge >= 0.3 is 0 Å². The predicted molar refractivity (Wildman–Crippen MR) is 66.8 cm³/mol. The molecule has 1 aliphatic rings. The van der Waals surface area contributed by atoms with Gasteiger partial charge in [-0.05, 0) is 18.9 Å². The number of aromatic nitrogens is 1. The number of aliphatic hydroxyl groups is 2. The average Bonchev–Trinajstić information content (AvgIpc) is 2.90. The van der Waals surface area contributed by atoms with Gasteiger partial charge in [0.15, 0.2) is 11.6 Å². The topological polar surface area (TPSA) is 56.6 Å². The van der Waals surface area contributed by atoms with Crippen LogP contribution in [0.2, 0.25) is 0 Å². The molecule has 1 fully saturated rings. The Morgan fingerprint density at radius 3 is 2.67 bits per heavy atom. The minimum atomic E-state index is -0.472. The molecule has 0 saturated heterocycles. The summed E-state index contributed by atoms with van der Waals surface area (Å²) in [4.78, 5) is 5.91. The van der Waals surface area contributed by atoms with E-state index in [4.69, 9.17) is 10.2 Å². The Morgan fingerprint density at radius 1 is 1.33 bits per heavy atom. The van der Waals surface area contributed by atoms with Gasteiger partial charge in [-0.25, -0.2) is 9.37 Å². The lowest BCUT2D eigenvalue weighted by atomic mass is 10.2. The van der Waals surface area contributed by atoms with Crippen LogP contribution < -0.4 is 4.90 Å². The highest BCUT2D eigenvalue weighted by Crippen LogP contribution is 2.29. The number of rotatable bonds is 5. The Labute approximate surface area is 106 Å². The lowest BCUT2D eigenvalue weighted by Gasteiger charge is -2.30. The van der Waals surface area contributed by atoms with Gasteiger partial charge in [-0.1, -0.05) is 12.8 Å². The zero-order valence-corrected chi connectivity index (χ0v) is 10.3. The second-order valence-electron chi connectivity index (χ2n) is 4.62. The Bertz CT molecular complexity index is 395. The summed E-state index contributed by atoms with van der Waals surface area (Å²) in [5.74, 6) is -0.220. The van der Waals surface area contributed by atoms with Crippen molar-refractivity contribution in [1.82, 2.24) is 4.98 Å².